The summed E-state index contributed by atoms with van der Waals surface area (Å²) >= 11 is 3.47. The number of ether oxygens (including phenoxy) is 10. The van der Waals surface area contributed by atoms with Crippen molar-refractivity contribution in [2.75, 3.05) is 35.5 Å². The van der Waals surface area contributed by atoms with Gasteiger partial charge >= 0.3 is 11.9 Å². The number of alkyl halides is 1. The van der Waals surface area contributed by atoms with Gasteiger partial charge in [-0.05, 0) is 264 Å². The molecule has 0 aliphatic heterocycles. The Morgan fingerprint density at radius 1 is 0.394 bits per heavy atom. The van der Waals surface area contributed by atoms with Gasteiger partial charge in [-0.25, -0.2) is 13.2 Å². The number of hydrogen-bond donors (Lipinski definition) is 0. The van der Waals surface area contributed by atoms with Crippen LogP contribution in [0.5, 0.6) is 28.7 Å². The van der Waals surface area contributed by atoms with E-state index >= 15 is 0 Å². The average Bonchev–Trinajstić information content (AvgIpc) is 1.74. The molecular formula is C83H96BrF3O12. The van der Waals surface area contributed by atoms with Gasteiger partial charge in [0.25, 0.3) is 0 Å². The second-order valence-electron chi connectivity index (χ2n) is 28.0. The van der Waals surface area contributed by atoms with Crippen LogP contribution >= 0.6 is 15.9 Å². The highest BCUT2D eigenvalue weighted by atomic mass is 79.9. The summed E-state index contributed by atoms with van der Waals surface area (Å²) in [6.45, 7) is 19.8. The lowest BCUT2D eigenvalue weighted by atomic mass is 9.91. The van der Waals surface area contributed by atoms with E-state index in [1.165, 1.54) is 32.4 Å². The fourth-order valence-electron chi connectivity index (χ4n) is 11.4. The van der Waals surface area contributed by atoms with Crippen LogP contribution in [0.2, 0.25) is 0 Å². The first-order valence-electron chi connectivity index (χ1n) is 33.6. The minimum atomic E-state index is -0.348. The molecule has 10 rings (SSSR count). The topological polar surface area (TPSA) is 126 Å². The van der Waals surface area contributed by atoms with E-state index in [1.54, 1.807) is 57.7 Å². The number of halogens is 4. The van der Waals surface area contributed by atoms with Crippen LogP contribution in [0.4, 0.5) is 13.2 Å². The highest BCUT2D eigenvalue weighted by Crippen LogP contribution is 2.47. The monoisotopic (exact) mass is 1420 g/mol. The Morgan fingerprint density at radius 2 is 0.717 bits per heavy atom. The number of rotatable bonds is 27. The van der Waals surface area contributed by atoms with Crippen molar-refractivity contribution in [1.29, 1.82) is 0 Å². The molecule has 2 aliphatic rings. The zero-order valence-electron chi connectivity index (χ0n) is 59.7. The van der Waals surface area contributed by atoms with Gasteiger partial charge < -0.3 is 47.4 Å². The van der Waals surface area contributed by atoms with Gasteiger partial charge in [-0.3, -0.25) is 9.59 Å². The van der Waals surface area contributed by atoms with E-state index in [0.717, 1.165) is 104 Å². The van der Waals surface area contributed by atoms with Crippen LogP contribution in [0, 0.1) is 29.3 Å². The van der Waals surface area contributed by atoms with E-state index in [9.17, 15) is 22.8 Å². The van der Waals surface area contributed by atoms with Crippen LogP contribution in [0.1, 0.15) is 157 Å². The lowest BCUT2D eigenvalue weighted by Gasteiger charge is -2.22. The molecule has 0 heterocycles. The second-order valence-corrected chi connectivity index (χ2v) is 28.6. The standard InChI is InChI=1S/2C32H37FO5.C19H22BrFO2/c2*1-32(2,3)38-20-24-15-21(9-13-27(24)29-17-25(35-4)12-14-30(29)33)19-37-26-8-6-7-23(16-26)28(22-10-11-22)18-31(34)36-5;1-19(2,3)23-12-14-9-13(11-20)5-7-16(14)17-10-15(22-4)6-8-18(17)21/h2*6-9,12-17,22,28H,10-11,18-20H2,1-5H3;5-10H,11-12H2,1-4H3/t2*28-;/m10./s1. The van der Waals surface area contributed by atoms with Crippen molar-refractivity contribution in [2.24, 2.45) is 11.8 Å². The minimum absolute atomic E-state index is 0.143. The van der Waals surface area contributed by atoms with Crippen molar-refractivity contribution in [2.45, 2.75) is 168 Å². The van der Waals surface area contributed by atoms with Crippen molar-refractivity contribution in [3.05, 3.63) is 220 Å². The molecule has 2 atom stereocenters. The summed E-state index contributed by atoms with van der Waals surface area (Å²) in [4.78, 5) is 23.9. The van der Waals surface area contributed by atoms with Crippen molar-refractivity contribution in [1.82, 2.24) is 0 Å². The van der Waals surface area contributed by atoms with E-state index in [-0.39, 0.29) is 58.0 Å². The predicted octanol–water partition coefficient (Wildman–Crippen LogP) is 20.6. The third kappa shape index (κ3) is 23.5. The van der Waals surface area contributed by atoms with E-state index < -0.39 is 0 Å². The summed E-state index contributed by atoms with van der Waals surface area (Å²) in [7, 11) is 7.58. The molecule has 2 saturated carbocycles. The summed E-state index contributed by atoms with van der Waals surface area (Å²) < 4.78 is 100. The van der Waals surface area contributed by atoms with E-state index in [0.29, 0.717) is 91.7 Å². The number of benzene rings is 8. The first kappa shape index (κ1) is 76.6. The molecule has 12 nitrogen and oxygen atoms in total. The SMILES string of the molecule is COC(=O)C[C@@H](c1cccc(OCc2ccc(-c3cc(OC)ccc3F)c(COC(C)(C)C)c2)c1)C1CC1.COC(=O)C[C@H](c1cccc(OCc2ccc(-c3cc(OC)ccc3F)c(COC(C)(C)C)c2)c1)C1CC1.COc1ccc(F)c(-c2ccc(CBr)cc2COC(C)(C)C)c1. The number of esters is 2. The molecule has 16 heteroatoms. The highest BCUT2D eigenvalue weighted by Gasteiger charge is 2.35. The van der Waals surface area contributed by atoms with Crippen LogP contribution in [-0.4, -0.2) is 64.3 Å². The summed E-state index contributed by atoms with van der Waals surface area (Å²) in [6.07, 6.45) is 5.28. The number of methoxy groups -OCH3 is 5. The maximum atomic E-state index is 14.8. The number of hydrogen-bond acceptors (Lipinski definition) is 12. The molecule has 0 unspecified atom stereocenters. The molecular weight excluding hydrogens is 1330 g/mol. The Hall–Kier alpha value is -8.15. The fraction of sp³-hybridized carbons (Fsp3) is 0.398. The first-order valence-corrected chi connectivity index (χ1v) is 34.7. The third-order valence-electron chi connectivity index (χ3n) is 17.0. The van der Waals surface area contributed by atoms with Crippen LogP contribution in [0.15, 0.2) is 158 Å². The Kier molecular flexibility index (Phi) is 27.3. The van der Waals surface area contributed by atoms with Gasteiger partial charge in [-0.2, -0.15) is 0 Å². The molecule has 2 aliphatic carbocycles. The summed E-state index contributed by atoms with van der Waals surface area (Å²) in [5.74, 6) is 3.33. The van der Waals surface area contributed by atoms with Crippen molar-refractivity contribution < 1.29 is 70.1 Å². The molecule has 0 bridgehead atoms. The smallest absolute Gasteiger partial charge is 0.306 e. The Balaban J connectivity index is 0.000000196. The molecule has 0 spiro atoms. The molecule has 8 aromatic rings. The lowest BCUT2D eigenvalue weighted by molar-refractivity contribution is -0.142. The molecule has 0 amide bonds. The van der Waals surface area contributed by atoms with Gasteiger partial charge in [-0.1, -0.05) is 82.7 Å². The summed E-state index contributed by atoms with van der Waals surface area (Å²) in [6, 6.07) is 47.9. The normalized spacial score (nSPS) is 13.6. The third-order valence-corrected chi connectivity index (χ3v) is 17.7. The predicted molar refractivity (Wildman–Crippen MR) is 387 cm³/mol. The first-order chi connectivity index (χ1) is 47.2. The molecule has 8 aromatic carbocycles. The van der Waals surface area contributed by atoms with Gasteiger partial charge in [0, 0.05) is 22.0 Å². The minimum Gasteiger partial charge on any atom is -0.497 e. The highest BCUT2D eigenvalue weighted by molar-refractivity contribution is 9.08. The van der Waals surface area contributed by atoms with Crippen molar-refractivity contribution >= 4 is 27.9 Å². The number of carbonyl (C=O) groups excluding carboxylic acids is 2. The Bertz CT molecular complexity index is 3790. The molecule has 528 valence electrons. The Morgan fingerprint density at radius 3 is 1.01 bits per heavy atom. The Labute approximate surface area is 591 Å². The van der Waals surface area contributed by atoms with Gasteiger partial charge in [0.1, 0.15) is 59.4 Å². The van der Waals surface area contributed by atoms with Gasteiger partial charge in [0.15, 0.2) is 0 Å². The lowest BCUT2D eigenvalue weighted by Crippen LogP contribution is -2.19. The molecule has 99 heavy (non-hydrogen) atoms. The van der Waals surface area contributed by atoms with Gasteiger partial charge in [0.05, 0.1) is 85.0 Å². The maximum absolute atomic E-state index is 14.8. The van der Waals surface area contributed by atoms with Crippen LogP contribution in [-0.2, 0) is 71.6 Å². The molecule has 0 saturated heterocycles. The molecule has 0 aromatic heterocycles. The summed E-state index contributed by atoms with van der Waals surface area (Å²) in [5.41, 5.74) is 10.8. The summed E-state index contributed by atoms with van der Waals surface area (Å²) in [5, 5.41) is 0.746. The van der Waals surface area contributed by atoms with Gasteiger partial charge in [0.2, 0.25) is 0 Å². The zero-order valence-corrected chi connectivity index (χ0v) is 61.3. The quantitative estimate of drug-likeness (QED) is 0.0359. The number of carbonyl (C=O) groups is 2. The van der Waals surface area contributed by atoms with E-state index in [1.807, 2.05) is 147 Å². The van der Waals surface area contributed by atoms with Crippen LogP contribution in [0.25, 0.3) is 33.4 Å². The van der Waals surface area contributed by atoms with Crippen LogP contribution < -0.4 is 23.7 Å². The maximum Gasteiger partial charge on any atom is 0.306 e. The van der Waals surface area contributed by atoms with Gasteiger partial charge in [-0.15, -0.1) is 0 Å². The second kappa shape index (κ2) is 35.3. The average molecular weight is 1420 g/mol. The molecule has 0 radical (unpaired) electrons. The van der Waals surface area contributed by atoms with E-state index in [2.05, 4.69) is 34.1 Å². The van der Waals surface area contributed by atoms with E-state index in [4.69, 9.17) is 47.4 Å². The van der Waals surface area contributed by atoms with Crippen molar-refractivity contribution in [3.8, 4) is 62.1 Å². The van der Waals surface area contributed by atoms with Crippen molar-refractivity contribution in [3.63, 3.8) is 0 Å². The molecule has 2 fully saturated rings. The van der Waals surface area contributed by atoms with Crippen LogP contribution in [0.3, 0.4) is 0 Å². The molecule has 0 N–H and O–H groups in total. The largest absolute Gasteiger partial charge is 0.497 e. The zero-order chi connectivity index (χ0) is 71.6. The fourth-order valence-corrected chi connectivity index (χ4v) is 11.7.